The molecule has 16 heavy (non-hydrogen) atoms. The molecule has 0 spiro atoms. The van der Waals surface area contributed by atoms with E-state index < -0.39 is 21.3 Å². The quantitative estimate of drug-likeness (QED) is 0.809. The predicted octanol–water partition coefficient (Wildman–Crippen LogP) is 2.47. The van der Waals surface area contributed by atoms with Gasteiger partial charge in [0.25, 0.3) is 10.0 Å². The molecule has 0 amide bonds. The molecule has 3 nitrogen and oxygen atoms in total. The molecule has 1 aliphatic carbocycles. The van der Waals surface area contributed by atoms with Gasteiger partial charge in [0.2, 0.25) is 0 Å². The first-order valence-electron chi connectivity index (χ1n) is 5.18. The fourth-order valence-electron chi connectivity index (χ4n) is 1.92. The minimum Gasteiger partial charge on any atom is -0.206 e. The van der Waals surface area contributed by atoms with Gasteiger partial charge in [-0.2, -0.15) is 8.78 Å². The summed E-state index contributed by atoms with van der Waals surface area (Å²) in [5.41, 5.74) is -0.734. The van der Waals surface area contributed by atoms with Crippen molar-refractivity contribution in [1.29, 1.82) is 0 Å². The Morgan fingerprint density at radius 2 is 1.94 bits per heavy atom. The Morgan fingerprint density at radius 1 is 1.44 bits per heavy atom. The number of rotatable bonds is 4. The number of sulfonamides is 1. The third-order valence-corrected chi connectivity index (χ3v) is 5.34. The van der Waals surface area contributed by atoms with Gasteiger partial charge in [-0.25, -0.2) is 13.1 Å². The molecule has 0 unspecified atom stereocenters. The van der Waals surface area contributed by atoms with E-state index in [0.717, 1.165) is 12.8 Å². The van der Waals surface area contributed by atoms with E-state index in [1.807, 2.05) is 0 Å². The van der Waals surface area contributed by atoms with Gasteiger partial charge in [-0.15, -0.1) is 0 Å². The highest BCUT2D eigenvalue weighted by Gasteiger charge is 2.39. The molecule has 0 aromatic heterocycles. The van der Waals surface area contributed by atoms with Crippen molar-refractivity contribution in [3.8, 4) is 0 Å². The first kappa shape index (κ1) is 14.3. The van der Waals surface area contributed by atoms with Crippen LogP contribution in [0.15, 0.2) is 0 Å². The van der Waals surface area contributed by atoms with Gasteiger partial charge in [-0.1, -0.05) is 22.9 Å². The predicted molar refractivity (Wildman–Crippen MR) is 62.2 cm³/mol. The third kappa shape index (κ3) is 3.37. The van der Waals surface area contributed by atoms with Gasteiger partial charge in [0.1, 0.15) is 0 Å². The molecule has 1 fully saturated rings. The lowest BCUT2D eigenvalue weighted by molar-refractivity contribution is 0.214. The highest BCUT2D eigenvalue weighted by atomic mass is 79.9. The van der Waals surface area contributed by atoms with Crippen LogP contribution in [0.1, 0.15) is 32.6 Å². The molecule has 0 saturated heterocycles. The van der Waals surface area contributed by atoms with Crippen LogP contribution in [0.2, 0.25) is 0 Å². The molecular weight excluding hydrogens is 304 g/mol. The van der Waals surface area contributed by atoms with E-state index in [1.165, 1.54) is 0 Å². The lowest BCUT2D eigenvalue weighted by Crippen LogP contribution is -2.53. The van der Waals surface area contributed by atoms with Crippen LogP contribution >= 0.6 is 15.9 Å². The first-order chi connectivity index (χ1) is 7.31. The van der Waals surface area contributed by atoms with Crippen LogP contribution in [0, 0.1) is 5.92 Å². The molecule has 1 rings (SSSR count). The molecule has 0 aromatic rings. The van der Waals surface area contributed by atoms with Gasteiger partial charge < -0.3 is 0 Å². The standard InChI is InChI=1S/C9H16BrF2NO2S/c1-7-2-4-9(6-10,5-3-7)13-16(14,15)8(11)12/h7-8,13H,2-6H2,1H3. The Morgan fingerprint density at radius 3 is 2.31 bits per heavy atom. The summed E-state index contributed by atoms with van der Waals surface area (Å²) in [6.45, 7) is 2.08. The van der Waals surface area contributed by atoms with E-state index in [4.69, 9.17) is 0 Å². The Kier molecular flexibility index (Phi) is 4.71. The van der Waals surface area contributed by atoms with Crippen LogP contribution in [-0.2, 0) is 10.0 Å². The van der Waals surface area contributed by atoms with Gasteiger partial charge in [0.15, 0.2) is 0 Å². The maximum Gasteiger partial charge on any atom is 0.350 e. The Labute approximate surface area is 103 Å². The minimum absolute atomic E-state index is 0.374. The summed E-state index contributed by atoms with van der Waals surface area (Å²) in [6.07, 6.45) is 2.92. The fraction of sp³-hybridized carbons (Fsp3) is 1.00. The number of halogens is 3. The van der Waals surface area contributed by atoms with Crippen LogP contribution in [0.4, 0.5) is 8.78 Å². The normalized spacial score (nSPS) is 31.9. The number of nitrogens with one attached hydrogen (secondary N) is 1. The molecule has 1 aliphatic rings. The minimum atomic E-state index is -4.50. The second kappa shape index (κ2) is 5.27. The van der Waals surface area contributed by atoms with Crippen molar-refractivity contribution < 1.29 is 17.2 Å². The van der Waals surface area contributed by atoms with Gasteiger partial charge in [0, 0.05) is 10.9 Å². The summed E-state index contributed by atoms with van der Waals surface area (Å²) < 4.78 is 49.0. The van der Waals surface area contributed by atoms with Gasteiger partial charge >= 0.3 is 5.76 Å². The van der Waals surface area contributed by atoms with E-state index >= 15 is 0 Å². The molecule has 0 heterocycles. The molecule has 0 radical (unpaired) electrons. The van der Waals surface area contributed by atoms with Crippen molar-refractivity contribution in [2.45, 2.75) is 43.9 Å². The van der Waals surface area contributed by atoms with Crippen LogP contribution in [0.5, 0.6) is 0 Å². The maximum atomic E-state index is 12.3. The zero-order valence-corrected chi connectivity index (χ0v) is 11.5. The van der Waals surface area contributed by atoms with Crippen LogP contribution in [0.25, 0.3) is 0 Å². The first-order valence-corrected chi connectivity index (χ1v) is 7.85. The zero-order chi connectivity index (χ0) is 12.4. The number of alkyl halides is 3. The second-order valence-electron chi connectivity index (χ2n) is 4.50. The SMILES string of the molecule is CC1CCC(CBr)(NS(=O)(=O)C(F)F)CC1. The summed E-state index contributed by atoms with van der Waals surface area (Å²) in [7, 11) is -4.50. The Balaban J connectivity index is 2.76. The lowest BCUT2D eigenvalue weighted by Gasteiger charge is -2.38. The topological polar surface area (TPSA) is 46.2 Å². The van der Waals surface area contributed by atoms with Crippen LogP contribution < -0.4 is 4.72 Å². The van der Waals surface area contributed by atoms with E-state index in [1.54, 1.807) is 0 Å². The van der Waals surface area contributed by atoms with Crippen molar-refractivity contribution in [2.75, 3.05) is 5.33 Å². The monoisotopic (exact) mass is 319 g/mol. The van der Waals surface area contributed by atoms with Crippen molar-refractivity contribution in [3.63, 3.8) is 0 Å². The van der Waals surface area contributed by atoms with Gasteiger partial charge in [-0.3, -0.25) is 0 Å². The summed E-state index contributed by atoms with van der Waals surface area (Å²) in [6, 6.07) is 0. The molecule has 7 heteroatoms. The maximum absolute atomic E-state index is 12.3. The Hall–Kier alpha value is 0.250. The molecule has 1 N–H and O–H groups in total. The van der Waals surface area contributed by atoms with E-state index in [0.29, 0.717) is 24.1 Å². The van der Waals surface area contributed by atoms with Crippen molar-refractivity contribution in [2.24, 2.45) is 5.92 Å². The average Bonchev–Trinajstić information content (AvgIpc) is 2.21. The largest absolute Gasteiger partial charge is 0.350 e. The molecule has 1 saturated carbocycles. The van der Waals surface area contributed by atoms with E-state index in [-0.39, 0.29) is 0 Å². The Bertz CT molecular complexity index is 326. The summed E-state index contributed by atoms with van der Waals surface area (Å²) >= 11 is 3.22. The van der Waals surface area contributed by atoms with Crippen molar-refractivity contribution >= 4 is 26.0 Å². The van der Waals surface area contributed by atoms with Crippen LogP contribution in [0.3, 0.4) is 0 Å². The van der Waals surface area contributed by atoms with Gasteiger partial charge in [0.05, 0.1) is 0 Å². The number of hydrogen-bond acceptors (Lipinski definition) is 2. The second-order valence-corrected chi connectivity index (χ2v) is 6.72. The highest BCUT2D eigenvalue weighted by molar-refractivity contribution is 9.09. The number of hydrogen-bond donors (Lipinski definition) is 1. The molecular formula is C9H16BrF2NO2S. The molecule has 0 bridgehead atoms. The van der Waals surface area contributed by atoms with E-state index in [9.17, 15) is 17.2 Å². The molecule has 0 atom stereocenters. The zero-order valence-electron chi connectivity index (χ0n) is 9.05. The lowest BCUT2D eigenvalue weighted by atomic mass is 9.79. The molecule has 0 aliphatic heterocycles. The summed E-state index contributed by atoms with van der Waals surface area (Å²) in [5.74, 6) is -2.83. The summed E-state index contributed by atoms with van der Waals surface area (Å²) in [5, 5.41) is 0.374. The molecule has 96 valence electrons. The van der Waals surface area contributed by atoms with Crippen molar-refractivity contribution in [1.82, 2.24) is 4.72 Å². The highest BCUT2D eigenvalue weighted by Crippen LogP contribution is 2.34. The smallest absolute Gasteiger partial charge is 0.206 e. The third-order valence-electron chi connectivity index (χ3n) is 3.08. The van der Waals surface area contributed by atoms with E-state index in [2.05, 4.69) is 27.6 Å². The molecule has 0 aromatic carbocycles. The summed E-state index contributed by atoms with van der Waals surface area (Å²) in [4.78, 5) is 0. The average molecular weight is 320 g/mol. The van der Waals surface area contributed by atoms with Gasteiger partial charge in [-0.05, 0) is 31.6 Å². The van der Waals surface area contributed by atoms with Crippen LogP contribution in [-0.4, -0.2) is 25.0 Å². The van der Waals surface area contributed by atoms with Crippen molar-refractivity contribution in [3.05, 3.63) is 0 Å². The fourth-order valence-corrected chi connectivity index (χ4v) is 3.78.